The fourth-order valence-corrected chi connectivity index (χ4v) is 4.99. The van der Waals surface area contributed by atoms with Crippen LogP contribution in [0, 0.1) is 0 Å². The second kappa shape index (κ2) is 10.5. The van der Waals surface area contributed by atoms with Crippen LogP contribution < -0.4 is 19.3 Å². The molecule has 0 aromatic heterocycles. The van der Waals surface area contributed by atoms with Crippen molar-refractivity contribution < 1.29 is 19.1 Å². The third kappa shape index (κ3) is 4.95. The lowest BCUT2D eigenvalue weighted by atomic mass is 10.1. The van der Waals surface area contributed by atoms with Gasteiger partial charge < -0.3 is 19.3 Å². The van der Waals surface area contributed by atoms with Crippen molar-refractivity contribution in [1.29, 1.82) is 0 Å². The molecule has 0 aliphatic carbocycles. The predicted octanol–water partition coefficient (Wildman–Crippen LogP) is 4.57. The van der Waals surface area contributed by atoms with Gasteiger partial charge in [0, 0.05) is 31.9 Å². The molecule has 0 N–H and O–H groups in total. The summed E-state index contributed by atoms with van der Waals surface area (Å²) in [5.41, 5.74) is 2.52. The number of halogens is 1. The molecule has 5 rings (SSSR count). The predicted molar refractivity (Wildman–Crippen MR) is 143 cm³/mol. The van der Waals surface area contributed by atoms with Crippen LogP contribution in [-0.2, 0) is 9.59 Å². The van der Waals surface area contributed by atoms with E-state index < -0.39 is 0 Å². The number of anilines is 2. The molecule has 0 spiro atoms. The van der Waals surface area contributed by atoms with Gasteiger partial charge >= 0.3 is 0 Å². The molecular weight excluding hydrogens is 522 g/mol. The van der Waals surface area contributed by atoms with Crippen LogP contribution in [0.15, 0.2) is 83.0 Å². The molecule has 0 bridgehead atoms. The van der Waals surface area contributed by atoms with Gasteiger partial charge in [-0.15, -0.1) is 0 Å². The number of benzene rings is 3. The Hall–Kier alpha value is -3.78. The maximum Gasteiger partial charge on any atom is 0.294 e. The average molecular weight is 548 g/mol. The third-order valence-electron chi connectivity index (χ3n) is 6.35. The van der Waals surface area contributed by atoms with Gasteiger partial charge in [0.15, 0.2) is 11.5 Å². The highest BCUT2D eigenvalue weighted by molar-refractivity contribution is 9.10. The Labute approximate surface area is 218 Å². The molecule has 0 radical (unpaired) electrons. The van der Waals surface area contributed by atoms with E-state index in [9.17, 15) is 9.59 Å². The minimum absolute atomic E-state index is 0.0474. The van der Waals surface area contributed by atoms with Gasteiger partial charge in [0.05, 0.1) is 17.3 Å². The first kappa shape index (κ1) is 23.9. The zero-order valence-corrected chi connectivity index (χ0v) is 21.5. The molecule has 2 aliphatic rings. The lowest BCUT2D eigenvalue weighted by Gasteiger charge is -2.37. The summed E-state index contributed by atoms with van der Waals surface area (Å²) >= 11 is 3.48. The Morgan fingerprint density at radius 1 is 1.00 bits per heavy atom. The Morgan fingerprint density at radius 3 is 2.44 bits per heavy atom. The summed E-state index contributed by atoms with van der Waals surface area (Å²) in [6.45, 7) is 2.67. The Bertz CT molecular complexity index is 1300. The molecule has 3 aromatic rings. The number of carbonyl (C=O) groups excluding carboxylic acids is 2. The van der Waals surface area contributed by atoms with E-state index in [-0.39, 0.29) is 24.1 Å². The summed E-state index contributed by atoms with van der Waals surface area (Å²) < 4.78 is 12.0. The van der Waals surface area contributed by atoms with E-state index in [1.165, 1.54) is 4.90 Å². The quantitative estimate of drug-likeness (QED) is 0.438. The molecule has 8 heteroatoms. The van der Waals surface area contributed by atoms with Crippen LogP contribution in [0.1, 0.15) is 5.56 Å². The number of rotatable bonds is 5. The fraction of sp³-hybridized carbons (Fsp3) is 0.214. The zero-order chi connectivity index (χ0) is 25.1. The van der Waals surface area contributed by atoms with Gasteiger partial charge in [-0.3, -0.25) is 14.5 Å². The maximum atomic E-state index is 13.5. The molecule has 0 atom stereocenters. The van der Waals surface area contributed by atoms with Gasteiger partial charge in [-0.2, -0.15) is 0 Å². The first-order valence-electron chi connectivity index (χ1n) is 11.8. The van der Waals surface area contributed by atoms with Crippen molar-refractivity contribution in [3.05, 3.63) is 88.6 Å². The molecule has 3 aromatic carbocycles. The molecule has 1 fully saturated rings. The van der Waals surface area contributed by atoms with Crippen LogP contribution in [-0.4, -0.2) is 56.5 Å². The van der Waals surface area contributed by atoms with Crippen molar-refractivity contribution in [2.75, 3.05) is 49.6 Å². The van der Waals surface area contributed by atoms with Crippen molar-refractivity contribution in [2.24, 2.45) is 0 Å². The normalized spacial score (nSPS) is 16.6. The van der Waals surface area contributed by atoms with E-state index in [0.29, 0.717) is 30.3 Å². The smallest absolute Gasteiger partial charge is 0.294 e. The van der Waals surface area contributed by atoms with Crippen molar-refractivity contribution in [1.82, 2.24) is 4.90 Å². The molecule has 184 valence electrons. The second-order valence-electron chi connectivity index (χ2n) is 8.57. The summed E-state index contributed by atoms with van der Waals surface area (Å²) in [6.07, 6.45) is 1.68. The lowest BCUT2D eigenvalue weighted by molar-refractivity contribution is -0.131. The van der Waals surface area contributed by atoms with Gasteiger partial charge in [0.2, 0.25) is 5.91 Å². The average Bonchev–Trinajstić information content (AvgIpc) is 2.91. The van der Waals surface area contributed by atoms with Crippen LogP contribution in [0.3, 0.4) is 0 Å². The van der Waals surface area contributed by atoms with E-state index in [1.54, 1.807) is 25.3 Å². The monoisotopic (exact) mass is 547 g/mol. The van der Waals surface area contributed by atoms with Gasteiger partial charge in [-0.05, 0) is 64.0 Å². The number of amides is 2. The molecule has 0 unspecified atom stereocenters. The summed E-state index contributed by atoms with van der Waals surface area (Å²) in [5, 5.41) is 0. The number of fused-ring (bicyclic) bond motifs is 1. The number of carbonyl (C=O) groups is 2. The van der Waals surface area contributed by atoms with Gasteiger partial charge in [-0.25, -0.2) is 0 Å². The summed E-state index contributed by atoms with van der Waals surface area (Å²) in [6, 6.07) is 23.0. The van der Waals surface area contributed by atoms with Crippen molar-refractivity contribution >= 4 is 45.2 Å². The van der Waals surface area contributed by atoms with Crippen molar-refractivity contribution in [3.63, 3.8) is 0 Å². The summed E-state index contributed by atoms with van der Waals surface area (Å²) in [7, 11) is 1.60. The van der Waals surface area contributed by atoms with E-state index in [4.69, 9.17) is 9.47 Å². The first-order valence-corrected chi connectivity index (χ1v) is 12.5. The molecule has 36 heavy (non-hydrogen) atoms. The first-order chi connectivity index (χ1) is 17.5. The SMILES string of the molecule is COc1ccc(/C=C2\Oc3ccccc3N(CC(=O)N3CCN(c4ccccc4)CC3)C2=O)cc1Br. The number of hydrogen-bond donors (Lipinski definition) is 0. The number of nitrogens with zero attached hydrogens (tertiary/aromatic N) is 3. The highest BCUT2D eigenvalue weighted by Crippen LogP contribution is 2.36. The minimum Gasteiger partial charge on any atom is -0.496 e. The highest BCUT2D eigenvalue weighted by Gasteiger charge is 2.33. The fourth-order valence-electron chi connectivity index (χ4n) is 4.43. The Balaban J connectivity index is 1.33. The van der Waals surface area contributed by atoms with Crippen LogP contribution in [0.25, 0.3) is 6.08 Å². The lowest BCUT2D eigenvalue weighted by Crippen LogP contribution is -2.52. The third-order valence-corrected chi connectivity index (χ3v) is 6.97. The van der Waals surface area contributed by atoms with E-state index in [2.05, 4.69) is 33.0 Å². The van der Waals surface area contributed by atoms with Crippen molar-refractivity contribution in [3.8, 4) is 11.5 Å². The highest BCUT2D eigenvalue weighted by atomic mass is 79.9. The Kier molecular flexibility index (Phi) is 6.95. The zero-order valence-electron chi connectivity index (χ0n) is 19.9. The number of hydrogen-bond acceptors (Lipinski definition) is 5. The molecular formula is C28H26BrN3O4. The molecule has 2 amide bonds. The van der Waals surface area contributed by atoms with Crippen LogP contribution in [0.2, 0.25) is 0 Å². The minimum atomic E-state index is -0.350. The van der Waals surface area contributed by atoms with Crippen molar-refractivity contribution in [2.45, 2.75) is 0 Å². The largest absolute Gasteiger partial charge is 0.496 e. The standard InChI is InChI=1S/C28H26BrN3O4/c1-35-24-12-11-20(17-22(24)29)18-26-28(34)32(23-9-5-6-10-25(23)36-26)19-27(33)31-15-13-30(14-16-31)21-7-3-2-4-8-21/h2-12,17-18H,13-16,19H2,1H3/b26-18-. The van der Waals surface area contributed by atoms with Gasteiger partial charge in [-0.1, -0.05) is 36.4 Å². The summed E-state index contributed by atoms with van der Waals surface area (Å²) in [5.74, 6) is 0.958. The van der Waals surface area contributed by atoms with Gasteiger partial charge in [0.25, 0.3) is 5.91 Å². The van der Waals surface area contributed by atoms with E-state index in [1.807, 2.05) is 53.4 Å². The molecule has 2 aliphatic heterocycles. The van der Waals surface area contributed by atoms with E-state index >= 15 is 0 Å². The number of para-hydroxylation sites is 3. The second-order valence-corrected chi connectivity index (χ2v) is 9.42. The molecule has 2 heterocycles. The van der Waals surface area contributed by atoms with Crippen LogP contribution in [0.5, 0.6) is 11.5 Å². The number of methoxy groups -OCH3 is 1. The summed E-state index contributed by atoms with van der Waals surface area (Å²) in [4.78, 5) is 32.4. The Morgan fingerprint density at radius 2 is 1.72 bits per heavy atom. The van der Waals surface area contributed by atoms with E-state index in [0.717, 1.165) is 28.8 Å². The topological polar surface area (TPSA) is 62.3 Å². The molecule has 1 saturated heterocycles. The van der Waals surface area contributed by atoms with Gasteiger partial charge in [0.1, 0.15) is 12.3 Å². The number of ether oxygens (including phenoxy) is 2. The molecule has 0 saturated carbocycles. The van der Waals surface area contributed by atoms with Crippen LogP contribution in [0.4, 0.5) is 11.4 Å². The number of piperazine rings is 1. The maximum absolute atomic E-state index is 13.5. The van der Waals surface area contributed by atoms with Crippen LogP contribution >= 0.6 is 15.9 Å². The molecule has 7 nitrogen and oxygen atoms in total.